The van der Waals surface area contributed by atoms with Gasteiger partial charge in [-0.2, -0.15) is 0 Å². The number of nitrogens with one attached hydrogen (secondary N) is 1. The predicted molar refractivity (Wildman–Crippen MR) is 83.3 cm³/mol. The van der Waals surface area contributed by atoms with E-state index in [1.807, 2.05) is 0 Å². The van der Waals surface area contributed by atoms with E-state index in [0.717, 1.165) is 13.0 Å². The summed E-state index contributed by atoms with van der Waals surface area (Å²) in [6, 6.07) is 5.98. The van der Waals surface area contributed by atoms with Crippen LogP contribution in [-0.2, 0) is 9.84 Å². The summed E-state index contributed by atoms with van der Waals surface area (Å²) >= 11 is 0. The molecule has 1 aromatic rings. The summed E-state index contributed by atoms with van der Waals surface area (Å²) < 4.78 is 24.3. The first-order chi connectivity index (χ1) is 9.90. The maximum absolute atomic E-state index is 12.1. The summed E-state index contributed by atoms with van der Waals surface area (Å²) in [4.78, 5) is 0.238. The lowest BCUT2D eigenvalue weighted by atomic mass is 10.1. The van der Waals surface area contributed by atoms with E-state index >= 15 is 0 Å². The van der Waals surface area contributed by atoms with E-state index in [-0.39, 0.29) is 16.5 Å². The first-order valence-electron chi connectivity index (χ1n) is 6.92. The van der Waals surface area contributed by atoms with Gasteiger partial charge in [0.2, 0.25) is 0 Å². The predicted octanol–water partition coefficient (Wildman–Crippen LogP) is 1.19. The summed E-state index contributed by atoms with van der Waals surface area (Å²) in [6.45, 7) is 5.46. The largest absolute Gasteiger partial charge is 0.409 e. The number of oxime groups is 1. The normalized spacial score (nSPS) is 14.1. The molecule has 6 nitrogen and oxygen atoms in total. The van der Waals surface area contributed by atoms with Crippen LogP contribution in [0, 0.1) is 5.92 Å². The van der Waals surface area contributed by atoms with E-state index in [1.54, 1.807) is 0 Å². The lowest BCUT2D eigenvalue weighted by molar-refractivity contribution is 0.318. The summed E-state index contributed by atoms with van der Waals surface area (Å²) in [5.41, 5.74) is 5.91. The van der Waals surface area contributed by atoms with Crippen molar-refractivity contribution in [1.82, 2.24) is 5.32 Å². The summed E-state index contributed by atoms with van der Waals surface area (Å²) in [5.74, 6) is 0.536. The Hall–Kier alpha value is -1.60. The van der Waals surface area contributed by atoms with Crippen LogP contribution in [0.15, 0.2) is 34.3 Å². The van der Waals surface area contributed by atoms with Gasteiger partial charge in [0.25, 0.3) is 0 Å². The van der Waals surface area contributed by atoms with Gasteiger partial charge >= 0.3 is 0 Å². The van der Waals surface area contributed by atoms with E-state index in [0.29, 0.717) is 18.0 Å². The molecule has 1 atom stereocenters. The fraction of sp³-hybridized carbons (Fsp3) is 0.500. The average molecular weight is 313 g/mol. The van der Waals surface area contributed by atoms with Crippen molar-refractivity contribution in [3.05, 3.63) is 29.8 Å². The molecule has 0 heterocycles. The summed E-state index contributed by atoms with van der Waals surface area (Å²) in [5, 5.41) is 14.6. The van der Waals surface area contributed by atoms with Crippen LogP contribution in [-0.4, -0.2) is 38.3 Å². The van der Waals surface area contributed by atoms with Crippen molar-refractivity contribution in [3.8, 4) is 0 Å². The fourth-order valence-electron chi connectivity index (χ4n) is 1.71. The Bertz CT molecular complexity index is 568. The van der Waals surface area contributed by atoms with Gasteiger partial charge in [-0.15, -0.1) is 0 Å². The molecule has 0 radical (unpaired) electrons. The minimum Gasteiger partial charge on any atom is -0.409 e. The number of nitrogens with zero attached hydrogens (tertiary/aromatic N) is 1. The minimum absolute atomic E-state index is 0.0471. The van der Waals surface area contributed by atoms with Gasteiger partial charge in [0, 0.05) is 12.1 Å². The number of hydrogen-bond donors (Lipinski definition) is 3. The van der Waals surface area contributed by atoms with Crippen LogP contribution in [0.5, 0.6) is 0 Å². The molecule has 1 aromatic carbocycles. The number of benzene rings is 1. The molecule has 0 aliphatic rings. The Morgan fingerprint density at radius 2 is 2.00 bits per heavy atom. The average Bonchev–Trinajstić information content (AvgIpc) is 2.50. The molecule has 118 valence electrons. The summed E-state index contributed by atoms with van der Waals surface area (Å²) in [7, 11) is -3.32. The van der Waals surface area contributed by atoms with Gasteiger partial charge in [0.15, 0.2) is 15.7 Å². The van der Waals surface area contributed by atoms with Gasteiger partial charge in [-0.05, 0) is 36.7 Å². The molecular formula is C14H23N3O3S. The summed E-state index contributed by atoms with van der Waals surface area (Å²) in [6.07, 6.45) is 1.06. The van der Waals surface area contributed by atoms with E-state index in [9.17, 15) is 8.42 Å². The van der Waals surface area contributed by atoms with Gasteiger partial charge < -0.3 is 16.3 Å². The Balaban J connectivity index is 2.62. The van der Waals surface area contributed by atoms with Crippen LogP contribution in [0.3, 0.4) is 0 Å². The second-order valence-electron chi connectivity index (χ2n) is 5.05. The zero-order valence-corrected chi connectivity index (χ0v) is 13.2. The Kier molecular flexibility index (Phi) is 6.64. The van der Waals surface area contributed by atoms with E-state index in [1.165, 1.54) is 24.3 Å². The van der Waals surface area contributed by atoms with Gasteiger partial charge in [-0.1, -0.05) is 25.4 Å². The van der Waals surface area contributed by atoms with Crippen molar-refractivity contribution >= 4 is 15.7 Å². The first-order valence-corrected chi connectivity index (χ1v) is 8.57. The molecule has 0 amide bonds. The maximum atomic E-state index is 12.1. The molecule has 0 aliphatic carbocycles. The van der Waals surface area contributed by atoms with Crippen LogP contribution in [0.4, 0.5) is 0 Å². The highest BCUT2D eigenvalue weighted by atomic mass is 32.2. The zero-order chi connectivity index (χ0) is 15.9. The van der Waals surface area contributed by atoms with Crippen LogP contribution in [0.2, 0.25) is 0 Å². The fourth-order valence-corrected chi connectivity index (χ4v) is 2.91. The lowest BCUT2D eigenvalue weighted by Crippen LogP contribution is -2.27. The Labute approximate surface area is 126 Å². The third kappa shape index (κ3) is 5.35. The van der Waals surface area contributed by atoms with Crippen LogP contribution >= 0.6 is 0 Å². The molecule has 7 heteroatoms. The molecule has 0 saturated carbocycles. The molecule has 4 N–H and O–H groups in total. The minimum atomic E-state index is -3.32. The molecular weight excluding hydrogens is 290 g/mol. The highest BCUT2D eigenvalue weighted by Gasteiger charge is 2.14. The molecule has 0 aromatic heterocycles. The molecule has 0 saturated heterocycles. The number of rotatable bonds is 8. The topological polar surface area (TPSA) is 105 Å². The van der Waals surface area contributed by atoms with Gasteiger partial charge in [-0.3, -0.25) is 0 Å². The van der Waals surface area contributed by atoms with Gasteiger partial charge in [-0.25, -0.2) is 8.42 Å². The van der Waals surface area contributed by atoms with Crippen LogP contribution in [0.1, 0.15) is 25.8 Å². The quantitative estimate of drug-likeness (QED) is 0.220. The Morgan fingerprint density at radius 3 is 2.52 bits per heavy atom. The lowest BCUT2D eigenvalue weighted by Gasteiger charge is -2.10. The Morgan fingerprint density at radius 1 is 1.38 bits per heavy atom. The van der Waals surface area contributed by atoms with E-state index in [2.05, 4.69) is 24.3 Å². The highest BCUT2D eigenvalue weighted by molar-refractivity contribution is 7.91. The van der Waals surface area contributed by atoms with Crippen molar-refractivity contribution < 1.29 is 13.6 Å². The molecule has 0 spiro atoms. The highest BCUT2D eigenvalue weighted by Crippen LogP contribution is 2.12. The third-order valence-electron chi connectivity index (χ3n) is 3.35. The number of nitrogens with two attached hydrogens (primary N) is 1. The van der Waals surface area contributed by atoms with Crippen molar-refractivity contribution in [2.45, 2.75) is 25.2 Å². The molecule has 1 unspecified atom stereocenters. The molecule has 0 fully saturated rings. The van der Waals surface area contributed by atoms with Crippen LogP contribution < -0.4 is 11.1 Å². The number of amidine groups is 1. The molecule has 21 heavy (non-hydrogen) atoms. The van der Waals surface area contributed by atoms with E-state index < -0.39 is 9.84 Å². The maximum Gasteiger partial charge on any atom is 0.179 e. The molecule has 1 rings (SSSR count). The monoisotopic (exact) mass is 313 g/mol. The van der Waals surface area contributed by atoms with E-state index in [4.69, 9.17) is 10.9 Å². The zero-order valence-electron chi connectivity index (χ0n) is 12.4. The smallest absolute Gasteiger partial charge is 0.179 e. The second kappa shape index (κ2) is 7.99. The van der Waals surface area contributed by atoms with Crippen molar-refractivity contribution in [3.63, 3.8) is 0 Å². The first kappa shape index (κ1) is 17.5. The number of hydrogen-bond acceptors (Lipinski definition) is 5. The van der Waals surface area contributed by atoms with Crippen LogP contribution in [0.25, 0.3) is 0 Å². The standard InChI is InChI=1S/C14H23N3O3S/c1-3-11(2)10-16-8-9-21(19,20)13-6-4-12(5-7-13)14(15)17-18/h4-7,11,16,18H,3,8-10H2,1-2H3,(H2,15,17). The van der Waals surface area contributed by atoms with Gasteiger partial charge in [0.05, 0.1) is 10.6 Å². The van der Waals surface area contributed by atoms with Crippen molar-refractivity contribution in [2.75, 3.05) is 18.8 Å². The van der Waals surface area contributed by atoms with Crippen molar-refractivity contribution in [2.24, 2.45) is 16.8 Å². The third-order valence-corrected chi connectivity index (χ3v) is 5.09. The second-order valence-corrected chi connectivity index (χ2v) is 7.16. The number of sulfone groups is 1. The SMILES string of the molecule is CCC(C)CNCCS(=O)(=O)c1ccc(/C(N)=N/O)cc1. The molecule has 0 aliphatic heterocycles. The molecule has 0 bridgehead atoms. The van der Waals surface area contributed by atoms with Crippen molar-refractivity contribution in [1.29, 1.82) is 0 Å². The van der Waals surface area contributed by atoms with Gasteiger partial charge in [0.1, 0.15) is 0 Å².